The number of nitrogens with zero attached hydrogens (tertiary/aromatic N) is 2. The number of hydrogen-bond donors (Lipinski definition) is 0. The molecule has 96 valence electrons. The lowest BCUT2D eigenvalue weighted by molar-refractivity contribution is 0.224. The van der Waals surface area contributed by atoms with Crippen molar-refractivity contribution in [2.45, 2.75) is 46.0 Å². The van der Waals surface area contributed by atoms with Crippen LogP contribution in [0.1, 0.15) is 45.5 Å². The Morgan fingerprint density at radius 1 is 1.28 bits per heavy atom. The topological polar surface area (TPSA) is 17.3 Å². The average Bonchev–Trinajstić information content (AvgIpc) is 2.56. The third-order valence-corrected chi connectivity index (χ3v) is 4.20. The lowest BCUT2D eigenvalue weighted by Gasteiger charge is -2.39. The molecule has 0 saturated heterocycles. The predicted octanol–water partition coefficient (Wildman–Crippen LogP) is 4.24. The second-order valence-corrected chi connectivity index (χ2v) is 7.27. The molecule has 0 saturated carbocycles. The summed E-state index contributed by atoms with van der Waals surface area (Å²) in [6, 6.07) is 3.90. The standard InChI is InChI=1S/C15H19ClN2/c1-14(2)8-11-12(15(3,4)9-14)17-13-10(16)6-5-7-18(11)13/h5-7H,8-9H2,1-4H3. The summed E-state index contributed by atoms with van der Waals surface area (Å²) in [6.45, 7) is 9.24. The first-order valence-electron chi connectivity index (χ1n) is 6.46. The Hall–Kier alpha value is -1.02. The fourth-order valence-electron chi connectivity index (χ4n) is 3.59. The first kappa shape index (κ1) is 12.0. The number of rotatable bonds is 0. The van der Waals surface area contributed by atoms with Crippen molar-refractivity contribution in [1.29, 1.82) is 0 Å². The maximum atomic E-state index is 6.26. The number of pyridine rings is 1. The molecular weight excluding hydrogens is 244 g/mol. The maximum absolute atomic E-state index is 6.26. The van der Waals surface area contributed by atoms with Crippen molar-refractivity contribution in [3.63, 3.8) is 0 Å². The summed E-state index contributed by atoms with van der Waals surface area (Å²) < 4.78 is 2.17. The monoisotopic (exact) mass is 262 g/mol. The van der Waals surface area contributed by atoms with Crippen molar-refractivity contribution in [3.05, 3.63) is 34.7 Å². The minimum Gasteiger partial charge on any atom is -0.303 e. The Bertz CT molecular complexity index is 623. The third kappa shape index (κ3) is 1.66. The van der Waals surface area contributed by atoms with Gasteiger partial charge in [-0.1, -0.05) is 39.3 Å². The average molecular weight is 263 g/mol. The molecule has 1 aliphatic rings. The van der Waals surface area contributed by atoms with Gasteiger partial charge < -0.3 is 4.40 Å². The number of halogens is 1. The lowest BCUT2D eigenvalue weighted by atomic mass is 9.66. The Morgan fingerprint density at radius 2 is 2.00 bits per heavy atom. The molecule has 0 aromatic carbocycles. The SMILES string of the molecule is CC1(C)Cc2c(nc3c(Cl)cccn23)C(C)(C)C1. The van der Waals surface area contributed by atoms with E-state index in [1.807, 2.05) is 12.1 Å². The van der Waals surface area contributed by atoms with Crippen LogP contribution in [0.2, 0.25) is 5.02 Å². The van der Waals surface area contributed by atoms with Crippen molar-refractivity contribution >= 4 is 17.2 Å². The van der Waals surface area contributed by atoms with Crippen LogP contribution in [0.4, 0.5) is 0 Å². The smallest absolute Gasteiger partial charge is 0.156 e. The van der Waals surface area contributed by atoms with Crippen LogP contribution in [0.15, 0.2) is 18.3 Å². The molecule has 0 N–H and O–H groups in total. The van der Waals surface area contributed by atoms with Gasteiger partial charge in [-0.15, -0.1) is 0 Å². The van der Waals surface area contributed by atoms with E-state index < -0.39 is 0 Å². The summed E-state index contributed by atoms with van der Waals surface area (Å²) in [5, 5.41) is 0.737. The maximum Gasteiger partial charge on any atom is 0.156 e. The fourth-order valence-corrected chi connectivity index (χ4v) is 3.80. The molecule has 3 heteroatoms. The molecule has 2 aromatic heterocycles. The van der Waals surface area contributed by atoms with Gasteiger partial charge in [0.25, 0.3) is 0 Å². The molecule has 0 bridgehead atoms. The van der Waals surface area contributed by atoms with Crippen molar-refractivity contribution in [3.8, 4) is 0 Å². The molecule has 0 amide bonds. The summed E-state index contributed by atoms with van der Waals surface area (Å²) in [5.41, 5.74) is 3.87. The molecule has 0 spiro atoms. The molecule has 18 heavy (non-hydrogen) atoms. The fraction of sp³-hybridized carbons (Fsp3) is 0.533. The van der Waals surface area contributed by atoms with Crippen LogP contribution in [0, 0.1) is 5.41 Å². The van der Waals surface area contributed by atoms with Gasteiger partial charge in [0.05, 0.1) is 10.7 Å². The van der Waals surface area contributed by atoms with Crippen molar-refractivity contribution in [2.75, 3.05) is 0 Å². The van der Waals surface area contributed by atoms with E-state index >= 15 is 0 Å². The minimum atomic E-state index is 0.117. The Kier molecular flexibility index (Phi) is 2.34. The van der Waals surface area contributed by atoms with E-state index in [4.69, 9.17) is 16.6 Å². The van der Waals surface area contributed by atoms with Crippen molar-refractivity contribution in [2.24, 2.45) is 5.41 Å². The highest BCUT2D eigenvalue weighted by molar-refractivity contribution is 6.33. The zero-order chi connectivity index (χ0) is 13.1. The van der Waals surface area contributed by atoms with Gasteiger partial charge in [0.1, 0.15) is 0 Å². The number of hydrogen-bond acceptors (Lipinski definition) is 1. The Labute approximate surface area is 113 Å². The zero-order valence-electron chi connectivity index (χ0n) is 11.4. The molecule has 0 atom stereocenters. The van der Waals surface area contributed by atoms with E-state index in [0.29, 0.717) is 5.41 Å². The molecule has 0 aliphatic heterocycles. The van der Waals surface area contributed by atoms with Crippen molar-refractivity contribution < 1.29 is 0 Å². The van der Waals surface area contributed by atoms with Gasteiger partial charge in [0.2, 0.25) is 0 Å². The lowest BCUT2D eigenvalue weighted by Crippen LogP contribution is -2.35. The van der Waals surface area contributed by atoms with Crippen LogP contribution in [-0.2, 0) is 11.8 Å². The molecular formula is C15H19ClN2. The van der Waals surface area contributed by atoms with Gasteiger partial charge in [0.15, 0.2) is 5.65 Å². The predicted molar refractivity (Wildman–Crippen MR) is 75.3 cm³/mol. The highest BCUT2D eigenvalue weighted by Gasteiger charge is 2.40. The van der Waals surface area contributed by atoms with Crippen LogP contribution in [0.5, 0.6) is 0 Å². The molecule has 2 heterocycles. The van der Waals surface area contributed by atoms with Crippen LogP contribution in [-0.4, -0.2) is 9.38 Å². The highest BCUT2D eigenvalue weighted by Crippen LogP contribution is 2.45. The van der Waals surface area contributed by atoms with E-state index in [1.165, 1.54) is 11.4 Å². The first-order chi connectivity index (χ1) is 8.30. The number of aromatic nitrogens is 2. The molecule has 3 rings (SSSR count). The Balaban J connectivity index is 2.34. The van der Waals surface area contributed by atoms with Crippen LogP contribution >= 0.6 is 11.6 Å². The summed E-state index contributed by atoms with van der Waals surface area (Å²) in [7, 11) is 0. The normalized spacial score (nSPS) is 20.9. The van der Waals surface area contributed by atoms with Crippen LogP contribution < -0.4 is 0 Å². The first-order valence-corrected chi connectivity index (χ1v) is 6.84. The second kappa shape index (κ2) is 3.51. The Morgan fingerprint density at radius 3 is 2.72 bits per heavy atom. The van der Waals surface area contributed by atoms with E-state index in [9.17, 15) is 0 Å². The van der Waals surface area contributed by atoms with Crippen LogP contribution in [0.25, 0.3) is 5.65 Å². The summed E-state index contributed by atoms with van der Waals surface area (Å²) in [5.74, 6) is 0. The third-order valence-electron chi connectivity index (χ3n) is 3.91. The molecule has 0 unspecified atom stereocenters. The van der Waals surface area contributed by atoms with Crippen LogP contribution in [0.3, 0.4) is 0 Å². The van der Waals surface area contributed by atoms with Gasteiger partial charge in [-0.3, -0.25) is 0 Å². The molecule has 1 aliphatic carbocycles. The van der Waals surface area contributed by atoms with E-state index in [1.54, 1.807) is 0 Å². The molecule has 0 fully saturated rings. The number of imidazole rings is 1. The number of fused-ring (bicyclic) bond motifs is 3. The summed E-state index contributed by atoms with van der Waals surface area (Å²) >= 11 is 6.26. The van der Waals surface area contributed by atoms with Gasteiger partial charge in [-0.2, -0.15) is 0 Å². The second-order valence-electron chi connectivity index (χ2n) is 6.86. The van der Waals surface area contributed by atoms with Gasteiger partial charge >= 0.3 is 0 Å². The van der Waals surface area contributed by atoms with E-state index in [0.717, 1.165) is 23.5 Å². The largest absolute Gasteiger partial charge is 0.303 e. The van der Waals surface area contributed by atoms with Crippen molar-refractivity contribution in [1.82, 2.24) is 9.38 Å². The van der Waals surface area contributed by atoms with Gasteiger partial charge in [-0.05, 0) is 30.4 Å². The molecule has 2 aromatic rings. The van der Waals surface area contributed by atoms with Gasteiger partial charge in [0, 0.05) is 17.3 Å². The summed E-state index contributed by atoms with van der Waals surface area (Å²) in [4.78, 5) is 4.80. The quantitative estimate of drug-likeness (QED) is 0.694. The van der Waals surface area contributed by atoms with E-state index in [-0.39, 0.29) is 5.41 Å². The minimum absolute atomic E-state index is 0.117. The van der Waals surface area contributed by atoms with E-state index in [2.05, 4.69) is 38.3 Å². The summed E-state index contributed by atoms with van der Waals surface area (Å²) in [6.07, 6.45) is 4.30. The van der Waals surface area contributed by atoms with Gasteiger partial charge in [-0.25, -0.2) is 4.98 Å². The molecule has 0 radical (unpaired) electrons. The zero-order valence-corrected chi connectivity index (χ0v) is 12.2. The highest BCUT2D eigenvalue weighted by atomic mass is 35.5. The molecule has 2 nitrogen and oxygen atoms in total.